The van der Waals surface area contributed by atoms with Crippen LogP contribution in [0.15, 0.2) is 51.9 Å². The predicted molar refractivity (Wildman–Crippen MR) is 149 cm³/mol. The number of nitrogens with zero attached hydrogens (tertiary/aromatic N) is 1. The van der Waals surface area contributed by atoms with Gasteiger partial charge >= 0.3 is 0 Å². The van der Waals surface area contributed by atoms with Crippen LogP contribution in [0.2, 0.25) is 0 Å². The van der Waals surface area contributed by atoms with Gasteiger partial charge in [-0.3, -0.25) is 4.79 Å². The first-order valence-corrected chi connectivity index (χ1v) is 13.6. The molecule has 0 fully saturated rings. The Hall–Kier alpha value is -1.71. The Morgan fingerprint density at radius 1 is 1.27 bits per heavy atom. The average Bonchev–Trinajstić information content (AvgIpc) is 3.13. The molecular formula is C26H26BrIN2O2S. The minimum Gasteiger partial charge on any atom is -0.506 e. The topological polar surface area (TPSA) is 61.7 Å². The Bertz CT molecular complexity index is 1190. The molecule has 0 saturated heterocycles. The standard InChI is InChI=1S/C26H26BrIN2O2S/c1-26(2,3)16-9-10-18-21(13-16)33-25(22(18)24(32)30-17-7-5-4-6-8-17)29-14-15-11-19(27)23(31)20(28)12-15/h4-8,11-12,14,16,31H,9-10,13H2,1-3H3,(H,30,32)/t16-/m1/s1. The average molecular weight is 637 g/mol. The Morgan fingerprint density at radius 2 is 2.00 bits per heavy atom. The summed E-state index contributed by atoms with van der Waals surface area (Å²) in [7, 11) is 0. The maximum atomic E-state index is 13.4. The number of carbonyl (C=O) groups is 1. The molecule has 4 rings (SSSR count). The normalized spacial score (nSPS) is 16.1. The molecule has 1 heterocycles. The lowest BCUT2D eigenvalue weighted by Crippen LogP contribution is -2.27. The summed E-state index contributed by atoms with van der Waals surface area (Å²) in [4.78, 5) is 19.4. The van der Waals surface area contributed by atoms with Crippen molar-refractivity contribution in [2.24, 2.45) is 16.3 Å². The third kappa shape index (κ3) is 5.52. The van der Waals surface area contributed by atoms with Gasteiger partial charge in [0, 0.05) is 16.8 Å². The first-order valence-electron chi connectivity index (χ1n) is 10.9. The Balaban J connectivity index is 1.72. The molecule has 1 aromatic heterocycles. The fourth-order valence-electron chi connectivity index (χ4n) is 4.14. The van der Waals surface area contributed by atoms with Crippen LogP contribution < -0.4 is 5.32 Å². The number of amides is 1. The molecule has 1 amide bonds. The van der Waals surface area contributed by atoms with E-state index in [-0.39, 0.29) is 17.1 Å². The molecule has 2 aromatic carbocycles. The summed E-state index contributed by atoms with van der Waals surface area (Å²) in [6.07, 6.45) is 4.71. The molecule has 0 bridgehead atoms. The zero-order chi connectivity index (χ0) is 23.8. The van der Waals surface area contributed by atoms with Crippen molar-refractivity contribution in [3.05, 3.63) is 72.1 Å². The molecule has 0 unspecified atom stereocenters. The second-order valence-electron chi connectivity index (χ2n) is 9.40. The lowest BCUT2D eigenvalue weighted by atomic mass is 9.72. The second-order valence-corrected chi connectivity index (χ2v) is 12.5. The van der Waals surface area contributed by atoms with E-state index in [1.165, 1.54) is 4.88 Å². The molecular weight excluding hydrogens is 611 g/mol. The molecule has 1 atom stereocenters. The number of halogens is 2. The molecule has 4 nitrogen and oxygen atoms in total. The summed E-state index contributed by atoms with van der Waals surface area (Å²) in [5, 5.41) is 13.8. The van der Waals surface area contributed by atoms with Crippen molar-refractivity contribution in [1.82, 2.24) is 0 Å². The number of fused-ring (bicyclic) bond motifs is 1. The van der Waals surface area contributed by atoms with Gasteiger partial charge in [0.25, 0.3) is 5.91 Å². The van der Waals surface area contributed by atoms with Crippen LogP contribution in [0.5, 0.6) is 5.75 Å². The number of carbonyl (C=O) groups excluding carboxylic acids is 1. The lowest BCUT2D eigenvalue weighted by molar-refractivity contribution is 0.102. The van der Waals surface area contributed by atoms with Crippen LogP contribution in [-0.4, -0.2) is 17.2 Å². The molecule has 0 aliphatic heterocycles. The highest BCUT2D eigenvalue weighted by molar-refractivity contribution is 14.1. The maximum absolute atomic E-state index is 13.4. The van der Waals surface area contributed by atoms with Gasteiger partial charge in [-0.15, -0.1) is 11.3 Å². The monoisotopic (exact) mass is 636 g/mol. The van der Waals surface area contributed by atoms with E-state index in [1.54, 1.807) is 17.6 Å². The first kappa shape index (κ1) is 24.4. The van der Waals surface area contributed by atoms with Crippen molar-refractivity contribution in [3.63, 3.8) is 0 Å². The summed E-state index contributed by atoms with van der Waals surface area (Å²) in [5.41, 5.74) is 3.69. The van der Waals surface area contributed by atoms with E-state index in [2.05, 4.69) is 64.6 Å². The van der Waals surface area contributed by atoms with Crippen molar-refractivity contribution < 1.29 is 9.90 Å². The number of rotatable bonds is 4. The van der Waals surface area contributed by atoms with Crippen LogP contribution in [0.3, 0.4) is 0 Å². The summed E-state index contributed by atoms with van der Waals surface area (Å²) in [6.45, 7) is 6.88. The zero-order valence-electron chi connectivity index (χ0n) is 18.8. The number of phenols is 1. The summed E-state index contributed by atoms with van der Waals surface area (Å²) in [6, 6.07) is 13.2. The molecule has 2 N–H and O–H groups in total. The molecule has 1 aliphatic rings. The molecule has 7 heteroatoms. The number of thiophene rings is 1. The van der Waals surface area contributed by atoms with Gasteiger partial charge in [-0.05, 0) is 105 Å². The van der Waals surface area contributed by atoms with E-state index in [0.717, 1.165) is 44.6 Å². The fourth-order valence-corrected chi connectivity index (χ4v) is 6.91. The highest BCUT2D eigenvalue weighted by Crippen LogP contribution is 2.45. The van der Waals surface area contributed by atoms with E-state index in [4.69, 9.17) is 4.99 Å². The van der Waals surface area contributed by atoms with Gasteiger partial charge in [-0.2, -0.15) is 0 Å². The van der Waals surface area contributed by atoms with Crippen LogP contribution in [-0.2, 0) is 12.8 Å². The number of nitrogens with one attached hydrogen (secondary N) is 1. The van der Waals surface area contributed by atoms with Gasteiger partial charge in [0.05, 0.1) is 13.6 Å². The molecule has 33 heavy (non-hydrogen) atoms. The Kier molecular flexibility index (Phi) is 7.31. The minimum atomic E-state index is -0.110. The van der Waals surface area contributed by atoms with Gasteiger partial charge in [0.15, 0.2) is 0 Å². The van der Waals surface area contributed by atoms with Gasteiger partial charge in [0.1, 0.15) is 10.8 Å². The summed E-state index contributed by atoms with van der Waals surface area (Å²) < 4.78 is 1.36. The largest absolute Gasteiger partial charge is 0.506 e. The molecule has 3 aromatic rings. The van der Waals surface area contributed by atoms with E-state index in [0.29, 0.717) is 16.0 Å². The van der Waals surface area contributed by atoms with Crippen molar-refractivity contribution in [2.45, 2.75) is 40.0 Å². The zero-order valence-corrected chi connectivity index (χ0v) is 23.3. The number of hydrogen-bond donors (Lipinski definition) is 2. The van der Waals surface area contributed by atoms with E-state index >= 15 is 0 Å². The van der Waals surface area contributed by atoms with Crippen LogP contribution in [0, 0.1) is 14.9 Å². The number of hydrogen-bond acceptors (Lipinski definition) is 4. The van der Waals surface area contributed by atoms with Crippen molar-refractivity contribution in [2.75, 3.05) is 5.32 Å². The molecule has 172 valence electrons. The van der Waals surface area contributed by atoms with Gasteiger partial charge < -0.3 is 10.4 Å². The van der Waals surface area contributed by atoms with Crippen molar-refractivity contribution in [3.8, 4) is 5.75 Å². The van der Waals surface area contributed by atoms with E-state index < -0.39 is 0 Å². The third-order valence-electron chi connectivity index (χ3n) is 6.10. The summed E-state index contributed by atoms with van der Waals surface area (Å²) >= 11 is 7.12. The second kappa shape index (κ2) is 9.88. The van der Waals surface area contributed by atoms with Gasteiger partial charge in [-0.25, -0.2) is 4.99 Å². The highest BCUT2D eigenvalue weighted by atomic mass is 127. The van der Waals surface area contributed by atoms with Crippen LogP contribution in [0.25, 0.3) is 0 Å². The Morgan fingerprint density at radius 3 is 2.67 bits per heavy atom. The SMILES string of the molecule is CC(C)(C)[C@@H]1CCc2c(sc(N=Cc3cc(Br)c(O)c(I)c3)c2C(=O)Nc2ccccc2)C1. The number of anilines is 1. The highest BCUT2D eigenvalue weighted by Gasteiger charge is 2.33. The minimum absolute atomic E-state index is 0.110. The van der Waals surface area contributed by atoms with Crippen LogP contribution in [0.1, 0.15) is 53.6 Å². The molecule has 0 spiro atoms. The van der Waals surface area contributed by atoms with E-state index in [9.17, 15) is 9.90 Å². The lowest BCUT2D eigenvalue weighted by Gasteiger charge is -2.33. The first-order chi connectivity index (χ1) is 15.6. The number of benzene rings is 2. The number of aromatic hydroxyl groups is 1. The number of para-hydroxylation sites is 1. The Labute approximate surface area is 220 Å². The maximum Gasteiger partial charge on any atom is 0.259 e. The fraction of sp³-hybridized carbons (Fsp3) is 0.308. The van der Waals surface area contributed by atoms with Crippen molar-refractivity contribution >= 4 is 72.7 Å². The van der Waals surface area contributed by atoms with Crippen LogP contribution >= 0.6 is 49.9 Å². The summed E-state index contributed by atoms with van der Waals surface area (Å²) in [5.74, 6) is 0.692. The predicted octanol–water partition coefficient (Wildman–Crippen LogP) is 7.97. The van der Waals surface area contributed by atoms with Gasteiger partial charge in [-0.1, -0.05) is 39.0 Å². The molecule has 0 radical (unpaired) electrons. The van der Waals surface area contributed by atoms with E-state index in [1.807, 2.05) is 42.5 Å². The smallest absolute Gasteiger partial charge is 0.259 e. The molecule has 0 saturated carbocycles. The quantitative estimate of drug-likeness (QED) is 0.225. The van der Waals surface area contributed by atoms with Crippen molar-refractivity contribution in [1.29, 1.82) is 0 Å². The third-order valence-corrected chi connectivity index (χ3v) is 8.69. The number of phenolic OH excluding ortho intramolecular Hbond substituents is 1. The molecule has 1 aliphatic carbocycles. The number of aliphatic imine (C=N–C) groups is 1. The van der Waals surface area contributed by atoms with Gasteiger partial charge in [0.2, 0.25) is 0 Å². The van der Waals surface area contributed by atoms with Crippen LogP contribution in [0.4, 0.5) is 10.7 Å².